The van der Waals surface area contributed by atoms with Crippen LogP contribution in [0.4, 0.5) is 10.1 Å². The Labute approximate surface area is 88.1 Å². The summed E-state index contributed by atoms with van der Waals surface area (Å²) in [5.41, 5.74) is 0.638. The molecule has 2 heterocycles. The average Bonchev–Trinajstić information content (AvgIpc) is 2.74. The molecule has 0 saturated heterocycles. The summed E-state index contributed by atoms with van der Waals surface area (Å²) >= 11 is 1.08. The Morgan fingerprint density at radius 1 is 1.47 bits per heavy atom. The minimum atomic E-state index is -0.594. The van der Waals surface area contributed by atoms with Gasteiger partial charge in [-0.2, -0.15) is 4.39 Å². The van der Waals surface area contributed by atoms with Gasteiger partial charge >= 0.3 is 0 Å². The lowest BCUT2D eigenvalue weighted by Crippen LogP contribution is -2.12. The maximum Gasteiger partial charge on any atom is 0.277 e. The Morgan fingerprint density at radius 2 is 2.33 bits per heavy atom. The van der Waals surface area contributed by atoms with Gasteiger partial charge in [-0.25, -0.2) is 4.98 Å². The molecule has 0 aliphatic rings. The van der Waals surface area contributed by atoms with Gasteiger partial charge in [0.05, 0.1) is 11.9 Å². The Morgan fingerprint density at radius 3 is 2.93 bits per heavy atom. The van der Waals surface area contributed by atoms with Crippen molar-refractivity contribution in [2.45, 2.75) is 0 Å². The zero-order chi connectivity index (χ0) is 10.7. The lowest BCUT2D eigenvalue weighted by molar-refractivity contribution is 0.102. The number of nitrogens with zero attached hydrogens (tertiary/aromatic N) is 3. The van der Waals surface area contributed by atoms with E-state index >= 15 is 0 Å². The van der Waals surface area contributed by atoms with Crippen LogP contribution in [0.2, 0.25) is 0 Å². The van der Waals surface area contributed by atoms with Crippen molar-refractivity contribution in [2.75, 3.05) is 5.32 Å². The average molecular weight is 224 g/mol. The maximum absolute atomic E-state index is 12.5. The third-order valence-corrected chi connectivity index (χ3v) is 2.08. The van der Waals surface area contributed by atoms with Crippen LogP contribution in [0.25, 0.3) is 0 Å². The van der Waals surface area contributed by atoms with Gasteiger partial charge in [-0.15, -0.1) is 5.10 Å². The number of halogens is 1. The van der Waals surface area contributed by atoms with Crippen LogP contribution in [-0.2, 0) is 0 Å². The Kier molecular flexibility index (Phi) is 2.64. The minimum Gasteiger partial charge on any atom is -0.319 e. The summed E-state index contributed by atoms with van der Waals surface area (Å²) in [6.45, 7) is 0. The molecule has 7 heteroatoms. The fourth-order valence-electron chi connectivity index (χ4n) is 0.908. The monoisotopic (exact) mass is 224 g/mol. The molecule has 0 saturated carbocycles. The van der Waals surface area contributed by atoms with Crippen molar-refractivity contribution in [3.05, 3.63) is 35.4 Å². The van der Waals surface area contributed by atoms with Crippen LogP contribution in [0.15, 0.2) is 23.7 Å². The number of pyridine rings is 1. The van der Waals surface area contributed by atoms with Gasteiger partial charge in [-0.3, -0.25) is 4.79 Å². The van der Waals surface area contributed by atoms with E-state index in [9.17, 15) is 9.18 Å². The summed E-state index contributed by atoms with van der Waals surface area (Å²) in [6, 6.07) is 2.58. The van der Waals surface area contributed by atoms with Gasteiger partial charge in [-0.1, -0.05) is 4.49 Å². The number of nitrogens with one attached hydrogen (secondary N) is 1. The predicted molar refractivity (Wildman–Crippen MR) is 52.1 cm³/mol. The maximum atomic E-state index is 12.5. The fourth-order valence-corrected chi connectivity index (χ4v) is 1.34. The molecule has 0 bridgehead atoms. The molecule has 0 radical (unpaired) electrons. The molecule has 0 aliphatic carbocycles. The predicted octanol–water partition coefficient (Wildman–Crippen LogP) is 1.32. The molecule has 2 aromatic heterocycles. The highest BCUT2D eigenvalue weighted by atomic mass is 32.1. The first-order valence-corrected chi connectivity index (χ1v) is 4.79. The molecule has 1 N–H and O–H groups in total. The topological polar surface area (TPSA) is 67.8 Å². The fraction of sp³-hybridized carbons (Fsp3) is 0. The Balaban J connectivity index is 2.09. The second kappa shape index (κ2) is 4.09. The van der Waals surface area contributed by atoms with E-state index in [0.29, 0.717) is 5.69 Å². The van der Waals surface area contributed by atoms with E-state index in [2.05, 4.69) is 19.9 Å². The molecule has 2 aromatic rings. The van der Waals surface area contributed by atoms with Crippen molar-refractivity contribution >= 4 is 23.1 Å². The van der Waals surface area contributed by atoms with E-state index in [1.807, 2.05) is 0 Å². The van der Waals surface area contributed by atoms with E-state index in [1.54, 1.807) is 0 Å². The smallest absolute Gasteiger partial charge is 0.277 e. The number of carbonyl (C=O) groups is 1. The van der Waals surface area contributed by atoms with Gasteiger partial charge in [0.25, 0.3) is 5.91 Å². The van der Waals surface area contributed by atoms with E-state index in [0.717, 1.165) is 17.6 Å². The SMILES string of the molecule is O=C(Nc1ccc(F)nc1)c1csnn1. The second-order valence-electron chi connectivity index (χ2n) is 2.61. The van der Waals surface area contributed by atoms with Crippen molar-refractivity contribution < 1.29 is 9.18 Å². The number of rotatable bonds is 2. The van der Waals surface area contributed by atoms with E-state index in [1.165, 1.54) is 17.6 Å². The lowest BCUT2D eigenvalue weighted by Gasteiger charge is -2.00. The largest absolute Gasteiger partial charge is 0.319 e. The Hall–Kier alpha value is -1.89. The van der Waals surface area contributed by atoms with Gasteiger partial charge in [0, 0.05) is 5.38 Å². The number of hydrogen-bond acceptors (Lipinski definition) is 5. The van der Waals surface area contributed by atoms with Crippen molar-refractivity contribution in [1.82, 2.24) is 14.6 Å². The van der Waals surface area contributed by atoms with Crippen LogP contribution in [0.5, 0.6) is 0 Å². The van der Waals surface area contributed by atoms with Crippen LogP contribution < -0.4 is 5.32 Å². The van der Waals surface area contributed by atoms with E-state index < -0.39 is 11.9 Å². The first-order valence-electron chi connectivity index (χ1n) is 3.95. The summed E-state index contributed by atoms with van der Waals surface area (Å²) in [5.74, 6) is -0.986. The van der Waals surface area contributed by atoms with Gasteiger partial charge < -0.3 is 5.32 Å². The summed E-state index contributed by atoms with van der Waals surface area (Å²) in [5, 5.41) is 7.62. The number of amides is 1. The molecule has 1 amide bonds. The Bertz CT molecular complexity index is 456. The molecule has 0 atom stereocenters. The highest BCUT2D eigenvalue weighted by Crippen LogP contribution is 2.07. The molecule has 0 unspecified atom stereocenters. The lowest BCUT2D eigenvalue weighted by atomic mass is 10.4. The molecule has 0 spiro atoms. The standard InChI is InChI=1S/C8H5FN4OS/c9-7-2-1-5(3-10-7)11-8(14)6-4-15-13-12-6/h1-4H,(H,11,14). The third-order valence-electron chi connectivity index (χ3n) is 1.58. The molecule has 5 nitrogen and oxygen atoms in total. The van der Waals surface area contributed by atoms with Crippen LogP contribution in [-0.4, -0.2) is 20.5 Å². The van der Waals surface area contributed by atoms with Gasteiger partial charge in [0.15, 0.2) is 5.69 Å². The van der Waals surface area contributed by atoms with Crippen molar-refractivity contribution in [3.8, 4) is 0 Å². The zero-order valence-corrected chi connectivity index (χ0v) is 8.16. The molecule has 0 aliphatic heterocycles. The first-order chi connectivity index (χ1) is 7.25. The summed E-state index contributed by atoms with van der Waals surface area (Å²) in [6.07, 6.45) is 1.23. The van der Waals surface area contributed by atoms with Crippen LogP contribution in [0.1, 0.15) is 10.5 Å². The third kappa shape index (κ3) is 2.32. The minimum absolute atomic E-state index is 0.226. The number of carbonyl (C=O) groups excluding carboxylic acids is 1. The molecule has 15 heavy (non-hydrogen) atoms. The van der Waals surface area contributed by atoms with Gasteiger partial charge in [-0.05, 0) is 23.7 Å². The molecular weight excluding hydrogens is 219 g/mol. The highest BCUT2D eigenvalue weighted by molar-refractivity contribution is 7.03. The molecule has 2 rings (SSSR count). The number of anilines is 1. The second-order valence-corrected chi connectivity index (χ2v) is 3.22. The summed E-state index contributed by atoms with van der Waals surface area (Å²) < 4.78 is 16.0. The normalized spacial score (nSPS) is 9.93. The molecule has 0 aromatic carbocycles. The van der Waals surface area contributed by atoms with Crippen LogP contribution in [0, 0.1) is 5.95 Å². The van der Waals surface area contributed by atoms with Crippen molar-refractivity contribution in [1.29, 1.82) is 0 Å². The number of hydrogen-bond donors (Lipinski definition) is 1. The van der Waals surface area contributed by atoms with Crippen LogP contribution in [0.3, 0.4) is 0 Å². The quantitative estimate of drug-likeness (QED) is 0.781. The summed E-state index contributed by atoms with van der Waals surface area (Å²) in [4.78, 5) is 14.8. The summed E-state index contributed by atoms with van der Waals surface area (Å²) in [7, 11) is 0. The molecule has 0 fully saturated rings. The van der Waals surface area contributed by atoms with E-state index in [4.69, 9.17) is 0 Å². The first kappa shape index (κ1) is 9.66. The van der Waals surface area contributed by atoms with Crippen LogP contribution >= 0.6 is 11.5 Å². The van der Waals surface area contributed by atoms with E-state index in [-0.39, 0.29) is 5.69 Å². The zero-order valence-electron chi connectivity index (χ0n) is 7.35. The highest BCUT2D eigenvalue weighted by Gasteiger charge is 2.08. The molecule has 76 valence electrons. The molecular formula is C8H5FN4OS. The van der Waals surface area contributed by atoms with Gasteiger partial charge in [0.1, 0.15) is 0 Å². The number of aromatic nitrogens is 3. The van der Waals surface area contributed by atoms with Crippen molar-refractivity contribution in [3.63, 3.8) is 0 Å². The van der Waals surface area contributed by atoms with Gasteiger partial charge in [0.2, 0.25) is 5.95 Å². The van der Waals surface area contributed by atoms with Crippen molar-refractivity contribution in [2.24, 2.45) is 0 Å².